The van der Waals surface area contributed by atoms with Crippen LogP contribution >= 0.6 is 11.6 Å². The minimum Gasteiger partial charge on any atom is -0.398 e. The summed E-state index contributed by atoms with van der Waals surface area (Å²) in [7, 11) is 0. The van der Waals surface area contributed by atoms with Gasteiger partial charge in [-0.05, 0) is 30.2 Å². The maximum Gasteiger partial charge on any atom is 0.0449 e. The number of nitrogens with two attached hydrogens (primary N) is 2. The highest BCUT2D eigenvalue weighted by Gasteiger charge is 2.08. The van der Waals surface area contributed by atoms with Crippen LogP contribution in [0.1, 0.15) is 18.0 Å². The molecule has 5 N–H and O–H groups in total. The number of anilines is 1. The van der Waals surface area contributed by atoms with Crippen molar-refractivity contribution in [3.05, 3.63) is 28.8 Å². The number of halogens is 1. The van der Waals surface area contributed by atoms with Crippen LogP contribution < -0.4 is 11.5 Å². The number of aliphatic hydroxyl groups is 1. The molecule has 0 heterocycles. The van der Waals surface area contributed by atoms with Gasteiger partial charge in [-0.15, -0.1) is 0 Å². The van der Waals surface area contributed by atoms with Crippen molar-refractivity contribution < 1.29 is 5.11 Å². The molecule has 0 aliphatic heterocycles. The summed E-state index contributed by atoms with van der Waals surface area (Å²) in [5.74, 6) is 0. The highest BCUT2D eigenvalue weighted by molar-refractivity contribution is 6.30. The summed E-state index contributed by atoms with van der Waals surface area (Å²) in [6, 6.07) is 4.92. The van der Waals surface area contributed by atoms with Crippen LogP contribution in [-0.2, 0) is 0 Å². The maximum atomic E-state index is 8.70. The van der Waals surface area contributed by atoms with Gasteiger partial charge in [0.25, 0.3) is 0 Å². The van der Waals surface area contributed by atoms with Crippen molar-refractivity contribution >= 4 is 17.3 Å². The lowest BCUT2D eigenvalue weighted by Gasteiger charge is -2.13. The summed E-state index contributed by atoms with van der Waals surface area (Å²) in [6.07, 6.45) is 0.491. The van der Waals surface area contributed by atoms with Crippen molar-refractivity contribution in [1.82, 2.24) is 0 Å². The van der Waals surface area contributed by atoms with E-state index in [9.17, 15) is 0 Å². The molecule has 0 spiro atoms. The number of aliphatic hydroxyl groups excluding tert-OH is 1. The summed E-state index contributed by atoms with van der Waals surface area (Å²) in [5.41, 5.74) is 12.9. The largest absolute Gasteiger partial charge is 0.398 e. The topological polar surface area (TPSA) is 72.3 Å². The second-order valence-electron chi connectivity index (χ2n) is 2.89. The van der Waals surface area contributed by atoms with Gasteiger partial charge in [-0.25, -0.2) is 0 Å². The molecule has 0 bridgehead atoms. The number of hydrogen-bond acceptors (Lipinski definition) is 3. The Morgan fingerprint density at radius 3 is 2.77 bits per heavy atom. The van der Waals surface area contributed by atoms with Gasteiger partial charge in [0.15, 0.2) is 0 Å². The van der Waals surface area contributed by atoms with Crippen LogP contribution in [-0.4, -0.2) is 11.7 Å². The van der Waals surface area contributed by atoms with E-state index in [0.29, 0.717) is 17.1 Å². The first kappa shape index (κ1) is 10.3. The normalized spacial score (nSPS) is 12.8. The van der Waals surface area contributed by atoms with Gasteiger partial charge in [0.05, 0.1) is 0 Å². The fraction of sp³-hybridized carbons (Fsp3) is 0.333. The fourth-order valence-electron chi connectivity index (χ4n) is 1.16. The molecule has 0 saturated carbocycles. The first-order chi connectivity index (χ1) is 6.15. The Kier molecular flexibility index (Phi) is 3.54. The summed E-state index contributed by atoms with van der Waals surface area (Å²) >= 11 is 5.79. The van der Waals surface area contributed by atoms with Crippen molar-refractivity contribution in [1.29, 1.82) is 0 Å². The monoisotopic (exact) mass is 200 g/mol. The Balaban J connectivity index is 2.91. The van der Waals surface area contributed by atoms with E-state index in [1.807, 2.05) is 0 Å². The van der Waals surface area contributed by atoms with E-state index >= 15 is 0 Å². The molecule has 0 aliphatic rings. The molecule has 1 aromatic carbocycles. The van der Waals surface area contributed by atoms with Crippen molar-refractivity contribution in [2.24, 2.45) is 5.73 Å². The highest BCUT2D eigenvalue weighted by Crippen LogP contribution is 2.24. The second-order valence-corrected chi connectivity index (χ2v) is 3.33. The van der Waals surface area contributed by atoms with Crippen molar-refractivity contribution in [3.63, 3.8) is 0 Å². The van der Waals surface area contributed by atoms with Gasteiger partial charge in [0, 0.05) is 23.4 Å². The number of benzene rings is 1. The molecule has 0 aliphatic carbocycles. The molecule has 72 valence electrons. The Morgan fingerprint density at radius 2 is 2.15 bits per heavy atom. The number of nitrogen functional groups attached to an aromatic ring is 1. The van der Waals surface area contributed by atoms with Crippen LogP contribution in [0.5, 0.6) is 0 Å². The van der Waals surface area contributed by atoms with Gasteiger partial charge in [-0.3, -0.25) is 0 Å². The summed E-state index contributed by atoms with van der Waals surface area (Å²) in [6.45, 7) is 0.0487. The van der Waals surface area contributed by atoms with E-state index in [1.54, 1.807) is 18.2 Å². The van der Waals surface area contributed by atoms with E-state index in [4.69, 9.17) is 28.2 Å². The Hall–Kier alpha value is -0.770. The third-order valence-electron chi connectivity index (χ3n) is 1.89. The van der Waals surface area contributed by atoms with Crippen molar-refractivity contribution in [3.8, 4) is 0 Å². The number of rotatable bonds is 3. The molecule has 1 rings (SSSR count). The molecule has 0 aromatic heterocycles. The summed E-state index contributed by atoms with van der Waals surface area (Å²) in [4.78, 5) is 0. The van der Waals surface area contributed by atoms with E-state index in [-0.39, 0.29) is 12.6 Å². The predicted molar refractivity (Wildman–Crippen MR) is 54.5 cm³/mol. The SMILES string of the molecule is Nc1ccc(Cl)cc1[C@@H](N)CCO. The minimum absolute atomic E-state index is 0.0487. The van der Waals surface area contributed by atoms with Crippen LogP contribution in [0.25, 0.3) is 0 Å². The van der Waals surface area contributed by atoms with E-state index < -0.39 is 0 Å². The lowest BCUT2D eigenvalue weighted by Crippen LogP contribution is -2.13. The average molecular weight is 201 g/mol. The first-order valence-corrected chi connectivity index (χ1v) is 4.44. The van der Waals surface area contributed by atoms with Gasteiger partial charge in [-0.1, -0.05) is 11.6 Å². The van der Waals surface area contributed by atoms with Crippen LogP contribution in [0.4, 0.5) is 5.69 Å². The van der Waals surface area contributed by atoms with Gasteiger partial charge in [0.1, 0.15) is 0 Å². The molecule has 4 heteroatoms. The molecule has 13 heavy (non-hydrogen) atoms. The number of hydrogen-bond donors (Lipinski definition) is 3. The van der Waals surface area contributed by atoms with Gasteiger partial charge in [-0.2, -0.15) is 0 Å². The van der Waals surface area contributed by atoms with Gasteiger partial charge < -0.3 is 16.6 Å². The van der Waals surface area contributed by atoms with E-state index in [1.165, 1.54) is 0 Å². The lowest BCUT2D eigenvalue weighted by molar-refractivity contribution is 0.276. The molecule has 3 nitrogen and oxygen atoms in total. The second kappa shape index (κ2) is 4.46. The predicted octanol–water partition coefficient (Wildman–Crippen LogP) is 1.30. The fourth-order valence-corrected chi connectivity index (χ4v) is 1.34. The van der Waals surface area contributed by atoms with Crippen LogP contribution in [0.3, 0.4) is 0 Å². The maximum absolute atomic E-state index is 8.70. The van der Waals surface area contributed by atoms with E-state index in [2.05, 4.69) is 0 Å². The Labute approximate surface area is 82.3 Å². The Morgan fingerprint density at radius 1 is 1.46 bits per heavy atom. The highest BCUT2D eigenvalue weighted by atomic mass is 35.5. The van der Waals surface area contributed by atoms with E-state index in [0.717, 1.165) is 5.56 Å². The molecule has 1 atom stereocenters. The van der Waals surface area contributed by atoms with Crippen LogP contribution in [0.2, 0.25) is 5.02 Å². The van der Waals surface area contributed by atoms with Crippen molar-refractivity contribution in [2.45, 2.75) is 12.5 Å². The summed E-state index contributed by atoms with van der Waals surface area (Å²) < 4.78 is 0. The molecule has 0 fully saturated rings. The molecule has 0 saturated heterocycles. The third kappa shape index (κ3) is 2.59. The van der Waals surface area contributed by atoms with Gasteiger partial charge in [0.2, 0.25) is 0 Å². The van der Waals surface area contributed by atoms with Gasteiger partial charge >= 0.3 is 0 Å². The molecular formula is C9H13ClN2O. The molecule has 0 radical (unpaired) electrons. The molecule has 0 unspecified atom stereocenters. The zero-order chi connectivity index (χ0) is 9.84. The minimum atomic E-state index is -0.247. The zero-order valence-corrected chi connectivity index (χ0v) is 7.96. The lowest BCUT2D eigenvalue weighted by atomic mass is 10.0. The molecular weight excluding hydrogens is 188 g/mol. The molecule has 0 amide bonds. The first-order valence-electron chi connectivity index (χ1n) is 4.06. The summed E-state index contributed by atoms with van der Waals surface area (Å²) in [5, 5.41) is 9.31. The van der Waals surface area contributed by atoms with Crippen LogP contribution in [0, 0.1) is 0 Å². The van der Waals surface area contributed by atoms with Crippen LogP contribution in [0.15, 0.2) is 18.2 Å². The standard InChI is InChI=1S/C9H13ClN2O/c10-6-1-2-8(11)7(5-6)9(12)3-4-13/h1-2,5,9,13H,3-4,11-12H2/t9-/m0/s1. The Bertz CT molecular complexity index is 291. The third-order valence-corrected chi connectivity index (χ3v) is 2.12. The zero-order valence-electron chi connectivity index (χ0n) is 7.20. The average Bonchev–Trinajstić information content (AvgIpc) is 2.09. The molecule has 1 aromatic rings. The van der Waals surface area contributed by atoms with Crippen molar-refractivity contribution in [2.75, 3.05) is 12.3 Å². The smallest absolute Gasteiger partial charge is 0.0449 e. The quantitative estimate of drug-likeness (QED) is 0.645.